The predicted molar refractivity (Wildman–Crippen MR) is 122 cm³/mol. The Labute approximate surface area is 185 Å². The Morgan fingerprint density at radius 2 is 1.75 bits per heavy atom. The normalized spacial score (nSPS) is 11.0. The fourth-order valence-electron chi connectivity index (χ4n) is 3.67. The van der Waals surface area contributed by atoms with E-state index in [0.29, 0.717) is 35.4 Å². The Kier molecular flexibility index (Phi) is 6.02. The van der Waals surface area contributed by atoms with E-state index in [4.69, 9.17) is 4.74 Å². The molecular weight excluding hydrogens is 406 g/mol. The summed E-state index contributed by atoms with van der Waals surface area (Å²) in [6.45, 7) is 6.21. The number of para-hydroxylation sites is 2. The van der Waals surface area contributed by atoms with Crippen LogP contribution in [0.5, 0.6) is 5.75 Å². The molecule has 0 spiro atoms. The van der Waals surface area contributed by atoms with Crippen molar-refractivity contribution >= 4 is 16.8 Å². The Morgan fingerprint density at radius 1 is 1.03 bits per heavy atom. The predicted octanol–water partition coefficient (Wildman–Crippen LogP) is 2.91. The van der Waals surface area contributed by atoms with Crippen LogP contribution in [0.4, 0.5) is 0 Å². The van der Waals surface area contributed by atoms with Gasteiger partial charge in [0.2, 0.25) is 5.91 Å². The Morgan fingerprint density at radius 3 is 2.50 bits per heavy atom. The molecule has 2 aromatic carbocycles. The van der Waals surface area contributed by atoms with Crippen molar-refractivity contribution in [3.63, 3.8) is 0 Å². The first kappa shape index (κ1) is 21.3. The fraction of sp³-hybridized carbons (Fsp3) is 0.250. The van der Waals surface area contributed by atoms with Gasteiger partial charge in [-0.25, -0.2) is 9.36 Å². The molecule has 32 heavy (non-hydrogen) atoms. The molecule has 0 radical (unpaired) electrons. The van der Waals surface area contributed by atoms with Gasteiger partial charge >= 0.3 is 0 Å². The highest BCUT2D eigenvalue weighted by Gasteiger charge is 2.18. The van der Waals surface area contributed by atoms with Gasteiger partial charge in [-0.3, -0.25) is 9.59 Å². The molecule has 4 aromatic rings. The van der Waals surface area contributed by atoms with E-state index in [9.17, 15) is 9.59 Å². The minimum atomic E-state index is -0.338. The molecule has 0 aliphatic carbocycles. The number of carbonyl (C=O) groups excluding carboxylic acids is 1. The Hall–Kier alpha value is -3.94. The Balaban J connectivity index is 1.59. The van der Waals surface area contributed by atoms with Gasteiger partial charge in [0.25, 0.3) is 5.56 Å². The third kappa shape index (κ3) is 4.12. The summed E-state index contributed by atoms with van der Waals surface area (Å²) in [5.74, 6) is 0.421. The Bertz CT molecular complexity index is 1320. The summed E-state index contributed by atoms with van der Waals surface area (Å²) in [5.41, 5.74) is 3.23. The second kappa shape index (κ2) is 9.05. The standard InChI is InChI=1S/C24H25N5O3/c1-4-32-20-13-9-8-10-18(20)14-25-21(30)15-28-24(31)22-17(3)29(19-11-6-5-7-12-19)27-23(22)16(2)26-28/h5-13H,4,14-15H2,1-3H3,(H,25,30). The highest BCUT2D eigenvalue weighted by Crippen LogP contribution is 2.20. The molecular formula is C24H25N5O3. The van der Waals surface area contributed by atoms with Gasteiger partial charge in [0.1, 0.15) is 17.8 Å². The zero-order valence-corrected chi connectivity index (χ0v) is 18.3. The first-order chi connectivity index (χ1) is 15.5. The van der Waals surface area contributed by atoms with E-state index in [1.165, 1.54) is 4.68 Å². The molecule has 1 N–H and O–H groups in total. The number of hydrogen-bond acceptors (Lipinski definition) is 5. The summed E-state index contributed by atoms with van der Waals surface area (Å²) in [6, 6.07) is 17.1. The van der Waals surface area contributed by atoms with Gasteiger partial charge in [0.15, 0.2) is 0 Å². The lowest BCUT2D eigenvalue weighted by Gasteiger charge is -2.11. The van der Waals surface area contributed by atoms with Crippen molar-refractivity contribution in [3.8, 4) is 11.4 Å². The van der Waals surface area contributed by atoms with Gasteiger partial charge in [-0.05, 0) is 39.0 Å². The first-order valence-corrected chi connectivity index (χ1v) is 10.5. The highest BCUT2D eigenvalue weighted by molar-refractivity contribution is 5.83. The summed E-state index contributed by atoms with van der Waals surface area (Å²) in [4.78, 5) is 25.7. The molecule has 0 saturated heterocycles. The fourth-order valence-corrected chi connectivity index (χ4v) is 3.67. The summed E-state index contributed by atoms with van der Waals surface area (Å²) >= 11 is 0. The average Bonchev–Trinajstić information content (AvgIpc) is 3.15. The number of hydrogen-bond donors (Lipinski definition) is 1. The molecule has 164 valence electrons. The van der Waals surface area contributed by atoms with Gasteiger partial charge in [-0.1, -0.05) is 36.4 Å². The summed E-state index contributed by atoms with van der Waals surface area (Å²) < 4.78 is 8.53. The van der Waals surface area contributed by atoms with Gasteiger partial charge in [-0.2, -0.15) is 10.2 Å². The third-order valence-electron chi connectivity index (χ3n) is 5.22. The average molecular weight is 431 g/mol. The topological polar surface area (TPSA) is 91.0 Å². The van der Waals surface area contributed by atoms with Crippen LogP contribution in [0.15, 0.2) is 59.4 Å². The van der Waals surface area contributed by atoms with Gasteiger partial charge in [0.05, 0.1) is 29.1 Å². The maximum absolute atomic E-state index is 13.1. The van der Waals surface area contributed by atoms with Gasteiger partial charge in [0, 0.05) is 12.1 Å². The number of amides is 1. The molecule has 0 saturated carbocycles. The lowest BCUT2D eigenvalue weighted by molar-refractivity contribution is -0.122. The van der Waals surface area contributed by atoms with Crippen LogP contribution in [0.3, 0.4) is 0 Å². The largest absolute Gasteiger partial charge is 0.494 e. The van der Waals surface area contributed by atoms with Crippen LogP contribution in [-0.2, 0) is 17.9 Å². The molecule has 0 aliphatic rings. The highest BCUT2D eigenvalue weighted by atomic mass is 16.5. The van der Waals surface area contributed by atoms with E-state index in [1.807, 2.05) is 68.4 Å². The minimum absolute atomic E-state index is 0.178. The monoisotopic (exact) mass is 431 g/mol. The molecule has 0 fully saturated rings. The minimum Gasteiger partial charge on any atom is -0.494 e. The van der Waals surface area contributed by atoms with Crippen molar-refractivity contribution in [3.05, 3.63) is 81.9 Å². The second-order valence-corrected chi connectivity index (χ2v) is 7.42. The van der Waals surface area contributed by atoms with Crippen molar-refractivity contribution in [2.75, 3.05) is 6.61 Å². The summed E-state index contributed by atoms with van der Waals surface area (Å²) in [5, 5.41) is 12.2. The summed E-state index contributed by atoms with van der Waals surface area (Å²) in [6.07, 6.45) is 0. The number of nitrogens with one attached hydrogen (secondary N) is 1. The molecule has 8 heteroatoms. The van der Waals surface area contributed by atoms with Crippen LogP contribution in [0, 0.1) is 13.8 Å². The molecule has 0 bridgehead atoms. The van der Waals surface area contributed by atoms with E-state index in [1.54, 1.807) is 11.6 Å². The molecule has 4 rings (SSSR count). The molecule has 2 heterocycles. The van der Waals surface area contributed by atoms with Crippen molar-refractivity contribution in [2.45, 2.75) is 33.9 Å². The third-order valence-corrected chi connectivity index (χ3v) is 5.22. The van der Waals surface area contributed by atoms with E-state index in [2.05, 4.69) is 15.5 Å². The number of aromatic nitrogens is 4. The van der Waals surface area contributed by atoms with Crippen LogP contribution in [0.1, 0.15) is 23.9 Å². The zero-order valence-electron chi connectivity index (χ0n) is 18.3. The second-order valence-electron chi connectivity index (χ2n) is 7.42. The van der Waals surface area contributed by atoms with Crippen molar-refractivity contribution in [1.82, 2.24) is 24.9 Å². The van der Waals surface area contributed by atoms with Crippen LogP contribution in [0.25, 0.3) is 16.6 Å². The van der Waals surface area contributed by atoms with Crippen molar-refractivity contribution < 1.29 is 9.53 Å². The number of ether oxygens (including phenoxy) is 1. The molecule has 0 atom stereocenters. The maximum atomic E-state index is 13.1. The number of nitrogens with zero attached hydrogens (tertiary/aromatic N) is 4. The van der Waals surface area contributed by atoms with Crippen LogP contribution in [-0.4, -0.2) is 32.1 Å². The first-order valence-electron chi connectivity index (χ1n) is 10.5. The van der Waals surface area contributed by atoms with E-state index >= 15 is 0 Å². The smallest absolute Gasteiger partial charge is 0.278 e. The van der Waals surface area contributed by atoms with Crippen LogP contribution in [0.2, 0.25) is 0 Å². The number of fused-ring (bicyclic) bond motifs is 1. The number of aryl methyl sites for hydroxylation is 2. The van der Waals surface area contributed by atoms with Crippen molar-refractivity contribution in [2.24, 2.45) is 0 Å². The maximum Gasteiger partial charge on any atom is 0.278 e. The van der Waals surface area contributed by atoms with Gasteiger partial charge < -0.3 is 10.1 Å². The number of carbonyl (C=O) groups is 1. The van der Waals surface area contributed by atoms with E-state index in [-0.39, 0.29) is 18.0 Å². The lowest BCUT2D eigenvalue weighted by atomic mass is 10.2. The molecule has 0 unspecified atom stereocenters. The van der Waals surface area contributed by atoms with Gasteiger partial charge in [-0.15, -0.1) is 0 Å². The lowest BCUT2D eigenvalue weighted by Crippen LogP contribution is -2.34. The number of rotatable bonds is 7. The molecule has 1 amide bonds. The van der Waals surface area contributed by atoms with Crippen molar-refractivity contribution in [1.29, 1.82) is 0 Å². The quantitative estimate of drug-likeness (QED) is 0.486. The summed E-state index contributed by atoms with van der Waals surface area (Å²) in [7, 11) is 0. The molecule has 2 aromatic heterocycles. The number of benzene rings is 2. The van der Waals surface area contributed by atoms with E-state index < -0.39 is 0 Å². The molecule has 0 aliphatic heterocycles. The van der Waals surface area contributed by atoms with Crippen LogP contribution < -0.4 is 15.6 Å². The SMILES string of the molecule is CCOc1ccccc1CNC(=O)Cn1nc(C)c2nn(-c3ccccc3)c(C)c2c1=O. The van der Waals surface area contributed by atoms with Crippen LogP contribution >= 0.6 is 0 Å². The zero-order chi connectivity index (χ0) is 22.7. The van der Waals surface area contributed by atoms with E-state index in [0.717, 1.165) is 17.0 Å². The molecule has 8 nitrogen and oxygen atoms in total.